The van der Waals surface area contributed by atoms with Crippen LogP contribution in [0, 0.1) is 25.7 Å². The number of aryl methyl sites for hydroxylation is 1. The van der Waals surface area contributed by atoms with Crippen LogP contribution in [0.4, 0.5) is 0 Å². The van der Waals surface area contributed by atoms with Crippen LogP contribution in [-0.4, -0.2) is 27.4 Å². The molecule has 1 heterocycles. The molecule has 0 aliphatic heterocycles. The number of hydrogen-bond donors (Lipinski definition) is 2. The summed E-state index contributed by atoms with van der Waals surface area (Å²) in [6.07, 6.45) is 0.696. The van der Waals surface area contributed by atoms with E-state index in [2.05, 4.69) is 52.0 Å². The summed E-state index contributed by atoms with van der Waals surface area (Å²) in [4.78, 5) is 11.3. The van der Waals surface area contributed by atoms with Gasteiger partial charge in [0.1, 0.15) is 0 Å². The molecule has 0 spiro atoms. The summed E-state index contributed by atoms with van der Waals surface area (Å²) < 4.78 is 2.04. The van der Waals surface area contributed by atoms with Crippen LogP contribution in [0.1, 0.15) is 58.0 Å². The molecule has 0 aliphatic carbocycles. The molecule has 5 nitrogen and oxygen atoms in total. The van der Waals surface area contributed by atoms with Crippen LogP contribution in [0.25, 0.3) is 0 Å². The number of aliphatic carboxylic acids is 1. The van der Waals surface area contributed by atoms with Crippen molar-refractivity contribution in [2.24, 2.45) is 11.8 Å². The van der Waals surface area contributed by atoms with Crippen molar-refractivity contribution in [2.45, 2.75) is 67.0 Å². The van der Waals surface area contributed by atoms with E-state index in [0.29, 0.717) is 25.4 Å². The number of hydrogen-bond acceptors (Lipinski definition) is 3. The normalized spacial score (nSPS) is 13.6. The molecular weight excluding hydrogens is 278 g/mol. The Morgan fingerprint density at radius 2 is 1.91 bits per heavy atom. The highest BCUT2D eigenvalue weighted by Crippen LogP contribution is 2.21. The van der Waals surface area contributed by atoms with Gasteiger partial charge in [-0.2, -0.15) is 5.10 Å². The van der Waals surface area contributed by atoms with E-state index < -0.39 is 5.97 Å². The van der Waals surface area contributed by atoms with Gasteiger partial charge in [-0.3, -0.25) is 9.48 Å². The van der Waals surface area contributed by atoms with Crippen molar-refractivity contribution in [3.05, 3.63) is 17.0 Å². The molecule has 5 heteroatoms. The maximum absolute atomic E-state index is 11.3. The molecule has 0 aliphatic rings. The largest absolute Gasteiger partial charge is 0.481 e. The van der Waals surface area contributed by atoms with Crippen molar-refractivity contribution in [3.8, 4) is 0 Å². The summed E-state index contributed by atoms with van der Waals surface area (Å²) in [5.41, 5.74) is 3.28. The number of nitrogens with zero attached hydrogens (tertiary/aromatic N) is 2. The zero-order valence-electron chi connectivity index (χ0n) is 15.0. The Bertz CT molecular complexity index is 513. The van der Waals surface area contributed by atoms with Gasteiger partial charge in [-0.15, -0.1) is 0 Å². The molecule has 0 saturated heterocycles. The van der Waals surface area contributed by atoms with Gasteiger partial charge >= 0.3 is 5.97 Å². The Labute approximate surface area is 134 Å². The predicted molar refractivity (Wildman–Crippen MR) is 89.0 cm³/mol. The van der Waals surface area contributed by atoms with Gasteiger partial charge in [-0.1, -0.05) is 13.8 Å². The van der Waals surface area contributed by atoms with Gasteiger partial charge in [0.15, 0.2) is 0 Å². The van der Waals surface area contributed by atoms with Gasteiger partial charge in [-0.25, -0.2) is 0 Å². The van der Waals surface area contributed by atoms with Crippen LogP contribution in [0.3, 0.4) is 0 Å². The second kappa shape index (κ2) is 7.27. The lowest BCUT2D eigenvalue weighted by Crippen LogP contribution is -2.29. The summed E-state index contributed by atoms with van der Waals surface area (Å²) in [6, 6.07) is 0. The highest BCUT2D eigenvalue weighted by atomic mass is 16.4. The summed E-state index contributed by atoms with van der Waals surface area (Å²) in [5.74, 6) is -0.673. The smallest absolute Gasteiger partial charge is 0.307 e. The lowest BCUT2D eigenvalue weighted by molar-refractivity contribution is -0.142. The topological polar surface area (TPSA) is 67.2 Å². The molecule has 0 fully saturated rings. The van der Waals surface area contributed by atoms with Gasteiger partial charge in [-0.05, 0) is 47.0 Å². The highest BCUT2D eigenvalue weighted by Gasteiger charge is 2.22. The van der Waals surface area contributed by atoms with E-state index in [-0.39, 0.29) is 11.5 Å². The van der Waals surface area contributed by atoms with E-state index >= 15 is 0 Å². The molecule has 2 N–H and O–H groups in total. The zero-order chi connectivity index (χ0) is 17.1. The van der Waals surface area contributed by atoms with E-state index in [9.17, 15) is 9.90 Å². The first kappa shape index (κ1) is 18.7. The molecule has 1 aromatic rings. The summed E-state index contributed by atoms with van der Waals surface area (Å²) >= 11 is 0. The number of nitrogens with one attached hydrogen (secondary N) is 1. The third-order valence-corrected chi connectivity index (χ3v) is 3.87. The van der Waals surface area contributed by atoms with Crippen molar-refractivity contribution in [3.63, 3.8) is 0 Å². The standard InChI is InChI=1S/C17H31N3O2/c1-11(2)8-14(16(21)22)9-18-10-15-12(3)19-20(13(15)4)17(5,6)7/h11,14,18H,8-10H2,1-7H3,(H,21,22). The van der Waals surface area contributed by atoms with Gasteiger partial charge in [0, 0.05) is 24.3 Å². The van der Waals surface area contributed by atoms with Crippen LogP contribution >= 0.6 is 0 Å². The van der Waals surface area contributed by atoms with E-state index in [1.807, 2.05) is 11.6 Å². The number of rotatable bonds is 7. The molecule has 0 aromatic carbocycles. The van der Waals surface area contributed by atoms with E-state index in [0.717, 1.165) is 11.4 Å². The van der Waals surface area contributed by atoms with Crippen LogP contribution in [-0.2, 0) is 16.9 Å². The summed E-state index contributed by atoms with van der Waals surface area (Å²) in [7, 11) is 0. The van der Waals surface area contributed by atoms with E-state index in [4.69, 9.17) is 0 Å². The van der Waals surface area contributed by atoms with Gasteiger partial charge < -0.3 is 10.4 Å². The van der Waals surface area contributed by atoms with Gasteiger partial charge in [0.2, 0.25) is 0 Å². The van der Waals surface area contributed by atoms with Crippen molar-refractivity contribution < 1.29 is 9.90 Å². The SMILES string of the molecule is Cc1nn(C(C)(C)C)c(C)c1CNCC(CC(C)C)C(=O)O. The quantitative estimate of drug-likeness (QED) is 0.812. The molecule has 0 radical (unpaired) electrons. The summed E-state index contributed by atoms with van der Waals surface area (Å²) in [6.45, 7) is 15.7. The fraction of sp³-hybridized carbons (Fsp3) is 0.765. The highest BCUT2D eigenvalue weighted by molar-refractivity contribution is 5.70. The van der Waals surface area contributed by atoms with E-state index in [1.165, 1.54) is 5.56 Å². The van der Waals surface area contributed by atoms with Crippen molar-refractivity contribution >= 4 is 5.97 Å². The molecule has 0 bridgehead atoms. The Kier molecular flexibility index (Phi) is 6.17. The second-order valence-electron chi connectivity index (χ2n) is 7.53. The molecule has 0 amide bonds. The van der Waals surface area contributed by atoms with Gasteiger partial charge in [0.25, 0.3) is 0 Å². The fourth-order valence-corrected chi connectivity index (χ4v) is 2.80. The molecule has 126 valence electrons. The maximum atomic E-state index is 11.3. The van der Waals surface area contributed by atoms with Crippen LogP contribution in [0.15, 0.2) is 0 Å². The number of aromatic nitrogens is 2. The number of carboxylic acid groups (broad SMARTS) is 1. The lowest BCUT2D eigenvalue weighted by Gasteiger charge is -2.21. The molecule has 1 unspecified atom stereocenters. The fourth-order valence-electron chi connectivity index (χ4n) is 2.80. The number of carboxylic acids is 1. The van der Waals surface area contributed by atoms with Crippen molar-refractivity contribution in [1.82, 2.24) is 15.1 Å². The second-order valence-corrected chi connectivity index (χ2v) is 7.53. The first-order valence-electron chi connectivity index (χ1n) is 8.03. The average molecular weight is 309 g/mol. The minimum atomic E-state index is -0.722. The third kappa shape index (κ3) is 4.83. The molecule has 1 rings (SSSR count). The van der Waals surface area contributed by atoms with E-state index in [1.54, 1.807) is 0 Å². The van der Waals surface area contributed by atoms with Crippen LogP contribution < -0.4 is 5.32 Å². The Morgan fingerprint density at radius 1 is 1.32 bits per heavy atom. The zero-order valence-corrected chi connectivity index (χ0v) is 15.0. The molecule has 0 saturated carbocycles. The average Bonchev–Trinajstić information content (AvgIpc) is 2.64. The molecule has 1 aromatic heterocycles. The molecule has 1 atom stereocenters. The van der Waals surface area contributed by atoms with Crippen LogP contribution in [0.2, 0.25) is 0 Å². The minimum absolute atomic E-state index is 0.0473. The molecule has 22 heavy (non-hydrogen) atoms. The first-order chi connectivity index (χ1) is 10.0. The first-order valence-corrected chi connectivity index (χ1v) is 8.03. The van der Waals surface area contributed by atoms with Gasteiger partial charge in [0.05, 0.1) is 17.2 Å². The minimum Gasteiger partial charge on any atom is -0.481 e. The lowest BCUT2D eigenvalue weighted by atomic mass is 9.97. The Morgan fingerprint density at radius 3 is 2.32 bits per heavy atom. The predicted octanol–water partition coefficient (Wildman–Crippen LogP) is 3.09. The maximum Gasteiger partial charge on any atom is 0.307 e. The van der Waals surface area contributed by atoms with Crippen molar-refractivity contribution in [1.29, 1.82) is 0 Å². The van der Waals surface area contributed by atoms with Crippen molar-refractivity contribution in [2.75, 3.05) is 6.54 Å². The summed E-state index contributed by atoms with van der Waals surface area (Å²) in [5, 5.41) is 17.2. The monoisotopic (exact) mass is 309 g/mol. The Balaban J connectivity index is 2.73. The Hall–Kier alpha value is -1.36. The van der Waals surface area contributed by atoms with Crippen LogP contribution in [0.5, 0.6) is 0 Å². The molecular formula is C17H31N3O2. The number of carbonyl (C=O) groups is 1. The third-order valence-electron chi connectivity index (χ3n) is 3.87.